The van der Waals surface area contributed by atoms with E-state index in [-0.39, 0.29) is 5.54 Å². The lowest BCUT2D eigenvalue weighted by molar-refractivity contribution is 0.127. The number of methoxy groups -OCH3 is 1. The monoisotopic (exact) mass is 247 g/mol. The van der Waals surface area contributed by atoms with Crippen molar-refractivity contribution in [3.63, 3.8) is 0 Å². The van der Waals surface area contributed by atoms with E-state index in [9.17, 15) is 0 Å². The van der Waals surface area contributed by atoms with Crippen LogP contribution < -0.4 is 5.32 Å². The van der Waals surface area contributed by atoms with Gasteiger partial charge in [0.15, 0.2) is 0 Å². The molecule has 0 aromatic carbocycles. The first-order valence-corrected chi connectivity index (χ1v) is 6.20. The Morgan fingerprint density at radius 1 is 1.39 bits per heavy atom. The number of nitrogens with zero attached hydrogens (tertiary/aromatic N) is 2. The Kier molecular flexibility index (Phi) is 3.68. The highest BCUT2D eigenvalue weighted by atomic mass is 16.5. The largest absolute Gasteiger partial charge is 0.383 e. The van der Waals surface area contributed by atoms with Crippen molar-refractivity contribution in [3.05, 3.63) is 35.8 Å². The minimum absolute atomic E-state index is 0.0415. The van der Waals surface area contributed by atoms with Gasteiger partial charge in [-0.2, -0.15) is 0 Å². The van der Waals surface area contributed by atoms with Gasteiger partial charge in [-0.3, -0.25) is 0 Å². The summed E-state index contributed by atoms with van der Waals surface area (Å²) in [4.78, 5) is 4.55. The molecule has 0 unspecified atom stereocenters. The van der Waals surface area contributed by atoms with Crippen LogP contribution in [0.5, 0.6) is 0 Å². The lowest BCUT2D eigenvalue weighted by Gasteiger charge is -2.25. The van der Waals surface area contributed by atoms with E-state index in [2.05, 4.69) is 34.7 Å². The standard InChI is InChI=1S/C14H21N3O/c1-11-12(9-15-14(2,3)10-18-4)17-8-6-5-7-13(17)16-11/h5-8,15H,9-10H2,1-4H3. The fourth-order valence-electron chi connectivity index (χ4n) is 2.11. The molecule has 0 fully saturated rings. The number of imidazole rings is 1. The Hall–Kier alpha value is -1.39. The van der Waals surface area contributed by atoms with Crippen molar-refractivity contribution in [2.75, 3.05) is 13.7 Å². The number of rotatable bonds is 5. The predicted molar refractivity (Wildman–Crippen MR) is 72.7 cm³/mol. The van der Waals surface area contributed by atoms with Gasteiger partial charge >= 0.3 is 0 Å². The summed E-state index contributed by atoms with van der Waals surface area (Å²) in [5.41, 5.74) is 3.23. The van der Waals surface area contributed by atoms with E-state index < -0.39 is 0 Å². The zero-order valence-corrected chi connectivity index (χ0v) is 11.5. The summed E-state index contributed by atoms with van der Waals surface area (Å²) in [6, 6.07) is 6.06. The van der Waals surface area contributed by atoms with Crippen molar-refractivity contribution >= 4 is 5.65 Å². The summed E-state index contributed by atoms with van der Waals surface area (Å²) in [6.07, 6.45) is 2.05. The normalized spacial score (nSPS) is 12.2. The molecular formula is C14H21N3O. The third-order valence-electron chi connectivity index (χ3n) is 3.07. The van der Waals surface area contributed by atoms with Gasteiger partial charge < -0.3 is 14.5 Å². The molecule has 2 heterocycles. The molecule has 0 atom stereocenters. The highest BCUT2D eigenvalue weighted by molar-refractivity contribution is 5.42. The fourth-order valence-corrected chi connectivity index (χ4v) is 2.11. The predicted octanol–water partition coefficient (Wildman–Crippen LogP) is 2.16. The van der Waals surface area contributed by atoms with E-state index in [1.807, 2.05) is 25.1 Å². The van der Waals surface area contributed by atoms with Gasteiger partial charge in [-0.05, 0) is 32.9 Å². The number of hydrogen-bond donors (Lipinski definition) is 1. The second-order valence-corrected chi connectivity index (χ2v) is 5.24. The van der Waals surface area contributed by atoms with Crippen LogP contribution in [0, 0.1) is 6.92 Å². The first-order chi connectivity index (χ1) is 8.53. The molecule has 0 radical (unpaired) electrons. The van der Waals surface area contributed by atoms with Crippen molar-refractivity contribution in [2.24, 2.45) is 0 Å². The van der Waals surface area contributed by atoms with Gasteiger partial charge in [0.05, 0.1) is 18.0 Å². The molecule has 0 spiro atoms. The van der Waals surface area contributed by atoms with Crippen LogP contribution in [0.1, 0.15) is 25.2 Å². The maximum absolute atomic E-state index is 5.21. The van der Waals surface area contributed by atoms with Gasteiger partial charge in [0.25, 0.3) is 0 Å². The fraction of sp³-hybridized carbons (Fsp3) is 0.500. The molecule has 0 aliphatic carbocycles. The van der Waals surface area contributed by atoms with Crippen LogP contribution in [0.3, 0.4) is 0 Å². The van der Waals surface area contributed by atoms with E-state index in [4.69, 9.17) is 4.74 Å². The third kappa shape index (κ3) is 2.71. The minimum atomic E-state index is -0.0415. The van der Waals surface area contributed by atoms with Gasteiger partial charge in [-0.25, -0.2) is 4.98 Å². The lowest BCUT2D eigenvalue weighted by atomic mass is 10.1. The number of aromatic nitrogens is 2. The van der Waals surface area contributed by atoms with E-state index in [1.165, 1.54) is 5.69 Å². The summed E-state index contributed by atoms with van der Waals surface area (Å²) in [6.45, 7) is 7.79. The zero-order chi connectivity index (χ0) is 13.2. The van der Waals surface area contributed by atoms with Gasteiger partial charge in [0.2, 0.25) is 0 Å². The Labute approximate surface area is 108 Å². The molecule has 4 nitrogen and oxygen atoms in total. The molecular weight excluding hydrogens is 226 g/mol. The maximum atomic E-state index is 5.21. The average Bonchev–Trinajstić information content (AvgIpc) is 2.62. The van der Waals surface area contributed by atoms with Gasteiger partial charge in [0, 0.05) is 25.4 Å². The van der Waals surface area contributed by atoms with E-state index in [1.54, 1.807) is 7.11 Å². The van der Waals surface area contributed by atoms with Crippen LogP contribution in [-0.2, 0) is 11.3 Å². The molecule has 2 rings (SSSR count). The molecule has 0 bridgehead atoms. The van der Waals surface area contributed by atoms with E-state index in [0.29, 0.717) is 6.61 Å². The topological polar surface area (TPSA) is 38.6 Å². The van der Waals surface area contributed by atoms with E-state index >= 15 is 0 Å². The molecule has 0 amide bonds. The number of fused-ring (bicyclic) bond motifs is 1. The number of pyridine rings is 1. The molecule has 2 aromatic rings. The van der Waals surface area contributed by atoms with Crippen LogP contribution in [0.25, 0.3) is 5.65 Å². The summed E-state index contributed by atoms with van der Waals surface area (Å²) in [5.74, 6) is 0. The lowest BCUT2D eigenvalue weighted by Crippen LogP contribution is -2.43. The maximum Gasteiger partial charge on any atom is 0.137 e. The first kappa shape index (κ1) is 13.1. The summed E-state index contributed by atoms with van der Waals surface area (Å²) < 4.78 is 7.34. The van der Waals surface area contributed by atoms with Crippen molar-refractivity contribution in [1.29, 1.82) is 0 Å². The Morgan fingerprint density at radius 3 is 2.89 bits per heavy atom. The molecule has 0 aliphatic heterocycles. The summed E-state index contributed by atoms with van der Waals surface area (Å²) in [5, 5.41) is 3.51. The van der Waals surface area contributed by atoms with E-state index in [0.717, 1.165) is 17.9 Å². The van der Waals surface area contributed by atoms with Crippen LogP contribution in [0.15, 0.2) is 24.4 Å². The van der Waals surface area contributed by atoms with Crippen molar-refractivity contribution in [3.8, 4) is 0 Å². The number of nitrogens with one attached hydrogen (secondary N) is 1. The Balaban J connectivity index is 2.19. The molecule has 4 heteroatoms. The number of ether oxygens (including phenoxy) is 1. The van der Waals surface area contributed by atoms with Crippen LogP contribution >= 0.6 is 0 Å². The summed E-state index contributed by atoms with van der Waals surface area (Å²) in [7, 11) is 1.73. The smallest absolute Gasteiger partial charge is 0.137 e. The van der Waals surface area contributed by atoms with Crippen molar-refractivity contribution in [2.45, 2.75) is 32.9 Å². The first-order valence-electron chi connectivity index (χ1n) is 6.20. The molecule has 0 saturated heterocycles. The SMILES string of the molecule is COCC(C)(C)NCc1c(C)nc2ccccn12. The highest BCUT2D eigenvalue weighted by Crippen LogP contribution is 2.13. The molecule has 98 valence electrons. The minimum Gasteiger partial charge on any atom is -0.383 e. The average molecular weight is 247 g/mol. The van der Waals surface area contributed by atoms with Gasteiger partial charge in [-0.15, -0.1) is 0 Å². The zero-order valence-electron chi connectivity index (χ0n) is 11.5. The molecule has 0 aliphatic rings. The van der Waals surface area contributed by atoms with Crippen LogP contribution in [-0.4, -0.2) is 28.6 Å². The van der Waals surface area contributed by atoms with Gasteiger partial charge in [-0.1, -0.05) is 6.07 Å². The van der Waals surface area contributed by atoms with Crippen LogP contribution in [0.2, 0.25) is 0 Å². The quantitative estimate of drug-likeness (QED) is 0.880. The number of hydrogen-bond acceptors (Lipinski definition) is 3. The van der Waals surface area contributed by atoms with Crippen molar-refractivity contribution < 1.29 is 4.74 Å². The Bertz CT molecular complexity index is 531. The molecule has 2 aromatic heterocycles. The second kappa shape index (κ2) is 5.08. The Morgan fingerprint density at radius 2 is 2.17 bits per heavy atom. The molecule has 18 heavy (non-hydrogen) atoms. The number of aryl methyl sites for hydroxylation is 1. The summed E-state index contributed by atoms with van der Waals surface area (Å²) >= 11 is 0. The second-order valence-electron chi connectivity index (χ2n) is 5.24. The molecule has 1 N–H and O–H groups in total. The van der Waals surface area contributed by atoms with Crippen molar-refractivity contribution in [1.82, 2.24) is 14.7 Å². The molecule has 0 saturated carbocycles. The van der Waals surface area contributed by atoms with Crippen LogP contribution in [0.4, 0.5) is 0 Å². The highest BCUT2D eigenvalue weighted by Gasteiger charge is 2.18. The third-order valence-corrected chi connectivity index (χ3v) is 3.07. The van der Waals surface area contributed by atoms with Gasteiger partial charge in [0.1, 0.15) is 5.65 Å².